The second-order valence-corrected chi connectivity index (χ2v) is 7.78. The minimum atomic E-state index is -0.828. The molecule has 5 nitrogen and oxygen atoms in total. The van der Waals surface area contributed by atoms with Crippen molar-refractivity contribution in [2.45, 2.75) is 30.2 Å². The average Bonchev–Trinajstić information content (AvgIpc) is 2.66. The highest BCUT2D eigenvalue weighted by Gasteiger charge is 2.32. The smallest absolute Gasteiger partial charge is 0.257 e. The molecule has 0 bridgehead atoms. The minimum absolute atomic E-state index is 0.0927. The predicted octanol–water partition coefficient (Wildman–Crippen LogP) is 4.12. The van der Waals surface area contributed by atoms with Crippen molar-refractivity contribution in [1.29, 1.82) is 0 Å². The summed E-state index contributed by atoms with van der Waals surface area (Å²) in [6.45, 7) is 2.00. The lowest BCUT2D eigenvalue weighted by atomic mass is 9.86. The molecule has 2 aromatic carbocycles. The number of nitrogens with one attached hydrogen (secondary N) is 2. The number of nitrogens with zero attached hydrogens (tertiary/aromatic N) is 1. The predicted molar refractivity (Wildman–Crippen MR) is 107 cm³/mol. The first-order valence-corrected chi connectivity index (χ1v) is 9.97. The van der Waals surface area contributed by atoms with Gasteiger partial charge in [0, 0.05) is 24.2 Å². The number of H-pyrrole nitrogens is 1. The molecule has 0 fully saturated rings. The van der Waals surface area contributed by atoms with E-state index < -0.39 is 23.1 Å². The van der Waals surface area contributed by atoms with Gasteiger partial charge in [-0.15, -0.1) is 0 Å². The lowest BCUT2D eigenvalue weighted by molar-refractivity contribution is -0.116. The van der Waals surface area contributed by atoms with Crippen molar-refractivity contribution >= 4 is 23.5 Å². The van der Waals surface area contributed by atoms with E-state index in [0.29, 0.717) is 10.9 Å². The number of anilines is 1. The summed E-state index contributed by atoms with van der Waals surface area (Å²) in [5.74, 6) is -2.01. The van der Waals surface area contributed by atoms with E-state index in [1.54, 1.807) is 0 Å². The molecule has 29 heavy (non-hydrogen) atoms. The number of aromatic nitrogens is 2. The Morgan fingerprint density at radius 2 is 1.97 bits per heavy atom. The number of carbonyl (C=O) groups excluding carboxylic acids is 1. The standard InChI is InChI=1S/C21H17F2N3O2S/c1-11-4-2-3-5-12(11)10-29-21-25-19-18(20(28)26-21)15(9-17(27)24-19)14-7-6-13(22)8-16(14)23/h2-8,15H,9-10H2,1H3,(H2,24,25,26,27,28)/t15-/m1/s1. The summed E-state index contributed by atoms with van der Waals surface area (Å²) in [5.41, 5.74) is 2.05. The van der Waals surface area contributed by atoms with Gasteiger partial charge in [0.25, 0.3) is 5.56 Å². The number of aryl methyl sites for hydroxylation is 1. The SMILES string of the molecule is Cc1ccccc1CSc1nc2c(c(=O)[nH]1)[C@@H](c1ccc(F)cc1F)CC(=O)N2. The summed E-state index contributed by atoms with van der Waals surface area (Å²) in [5, 5.41) is 2.96. The second-order valence-electron chi connectivity index (χ2n) is 6.82. The van der Waals surface area contributed by atoms with Gasteiger partial charge in [-0.2, -0.15) is 0 Å². The number of fused-ring (bicyclic) bond motifs is 1. The van der Waals surface area contributed by atoms with E-state index in [1.165, 1.54) is 17.8 Å². The third kappa shape index (κ3) is 3.93. The maximum atomic E-state index is 14.3. The molecule has 0 unspecified atom stereocenters. The zero-order valence-corrected chi connectivity index (χ0v) is 16.3. The van der Waals surface area contributed by atoms with Gasteiger partial charge in [-0.25, -0.2) is 13.8 Å². The molecule has 2 heterocycles. The number of amides is 1. The molecule has 0 saturated carbocycles. The number of rotatable bonds is 4. The Morgan fingerprint density at radius 3 is 2.72 bits per heavy atom. The fraction of sp³-hybridized carbons (Fsp3) is 0.190. The molecule has 3 aromatic rings. The average molecular weight is 413 g/mol. The lowest BCUT2D eigenvalue weighted by Gasteiger charge is -2.24. The topological polar surface area (TPSA) is 74.8 Å². The van der Waals surface area contributed by atoms with Crippen LogP contribution in [-0.2, 0) is 10.5 Å². The van der Waals surface area contributed by atoms with Crippen molar-refractivity contribution in [2.75, 3.05) is 5.32 Å². The Hall–Kier alpha value is -3.00. The molecule has 4 rings (SSSR count). The van der Waals surface area contributed by atoms with Crippen LogP contribution in [0.1, 0.15) is 34.6 Å². The normalized spacial score (nSPS) is 15.7. The number of hydrogen-bond acceptors (Lipinski definition) is 4. The summed E-state index contributed by atoms with van der Waals surface area (Å²) < 4.78 is 27.6. The molecule has 148 valence electrons. The van der Waals surface area contributed by atoms with E-state index in [-0.39, 0.29) is 29.3 Å². The fourth-order valence-electron chi connectivity index (χ4n) is 3.39. The molecule has 1 aliphatic rings. The molecule has 0 aliphatic carbocycles. The van der Waals surface area contributed by atoms with Gasteiger partial charge >= 0.3 is 0 Å². The number of thioether (sulfide) groups is 1. The zero-order chi connectivity index (χ0) is 20.5. The van der Waals surface area contributed by atoms with E-state index in [2.05, 4.69) is 15.3 Å². The van der Waals surface area contributed by atoms with Gasteiger partial charge < -0.3 is 10.3 Å². The molecule has 1 amide bonds. The molecule has 8 heteroatoms. The summed E-state index contributed by atoms with van der Waals surface area (Å²) >= 11 is 1.34. The molecule has 0 radical (unpaired) electrons. The Balaban J connectivity index is 1.69. The molecule has 2 N–H and O–H groups in total. The van der Waals surface area contributed by atoms with E-state index in [4.69, 9.17) is 0 Å². The Bertz CT molecular complexity index is 1160. The molecule has 1 aromatic heterocycles. The first-order valence-electron chi connectivity index (χ1n) is 8.98. The third-order valence-corrected chi connectivity index (χ3v) is 5.82. The lowest BCUT2D eigenvalue weighted by Crippen LogP contribution is -2.31. The summed E-state index contributed by atoms with van der Waals surface area (Å²) in [7, 11) is 0. The van der Waals surface area contributed by atoms with Crippen LogP contribution >= 0.6 is 11.8 Å². The highest BCUT2D eigenvalue weighted by atomic mass is 32.2. The molecule has 0 spiro atoms. The van der Waals surface area contributed by atoms with E-state index in [0.717, 1.165) is 23.3 Å². The summed E-state index contributed by atoms with van der Waals surface area (Å²) in [6.07, 6.45) is -0.115. The molecular formula is C21H17F2N3O2S. The van der Waals surface area contributed by atoms with Crippen LogP contribution in [0.2, 0.25) is 0 Å². The summed E-state index contributed by atoms with van der Waals surface area (Å²) in [4.78, 5) is 32.0. The van der Waals surface area contributed by atoms with Crippen LogP contribution < -0.4 is 10.9 Å². The molecule has 1 aliphatic heterocycles. The maximum Gasteiger partial charge on any atom is 0.257 e. The third-order valence-electron chi connectivity index (χ3n) is 4.89. The fourth-order valence-corrected chi connectivity index (χ4v) is 4.32. The molecule has 1 atom stereocenters. The Labute approximate surface area is 169 Å². The number of aromatic amines is 1. The van der Waals surface area contributed by atoms with Gasteiger partial charge in [0.1, 0.15) is 17.5 Å². The Morgan fingerprint density at radius 1 is 1.17 bits per heavy atom. The number of benzene rings is 2. The highest BCUT2D eigenvalue weighted by Crippen LogP contribution is 2.36. The largest absolute Gasteiger partial charge is 0.310 e. The van der Waals surface area contributed by atoms with Crippen molar-refractivity contribution < 1.29 is 13.6 Å². The minimum Gasteiger partial charge on any atom is -0.310 e. The van der Waals surface area contributed by atoms with Crippen LogP contribution in [0.3, 0.4) is 0 Å². The van der Waals surface area contributed by atoms with Crippen LogP contribution in [0.25, 0.3) is 0 Å². The van der Waals surface area contributed by atoms with Gasteiger partial charge in [0.2, 0.25) is 5.91 Å². The van der Waals surface area contributed by atoms with E-state index in [9.17, 15) is 18.4 Å². The zero-order valence-electron chi connectivity index (χ0n) is 15.5. The first kappa shape index (κ1) is 19.3. The van der Waals surface area contributed by atoms with E-state index in [1.807, 2.05) is 31.2 Å². The van der Waals surface area contributed by atoms with Crippen molar-refractivity contribution in [1.82, 2.24) is 9.97 Å². The monoisotopic (exact) mass is 413 g/mol. The Kier molecular flexibility index (Phi) is 5.19. The van der Waals surface area contributed by atoms with Crippen molar-refractivity contribution in [3.05, 3.63) is 86.7 Å². The van der Waals surface area contributed by atoms with Gasteiger partial charge in [-0.1, -0.05) is 42.1 Å². The maximum absolute atomic E-state index is 14.3. The molecule has 0 saturated heterocycles. The van der Waals surface area contributed by atoms with Crippen molar-refractivity contribution in [3.63, 3.8) is 0 Å². The van der Waals surface area contributed by atoms with Crippen molar-refractivity contribution in [2.24, 2.45) is 0 Å². The van der Waals surface area contributed by atoms with Gasteiger partial charge in [-0.3, -0.25) is 9.59 Å². The number of halogens is 2. The van der Waals surface area contributed by atoms with E-state index >= 15 is 0 Å². The van der Waals surface area contributed by atoms with Crippen LogP contribution in [0, 0.1) is 18.6 Å². The first-order chi connectivity index (χ1) is 13.9. The quantitative estimate of drug-likeness (QED) is 0.498. The van der Waals surface area contributed by atoms with Gasteiger partial charge in [0.15, 0.2) is 5.16 Å². The van der Waals surface area contributed by atoms with Gasteiger partial charge in [0.05, 0.1) is 5.56 Å². The molecular weight excluding hydrogens is 396 g/mol. The van der Waals surface area contributed by atoms with Crippen LogP contribution in [0.15, 0.2) is 52.4 Å². The number of hydrogen-bond donors (Lipinski definition) is 2. The van der Waals surface area contributed by atoms with Gasteiger partial charge in [-0.05, 0) is 29.7 Å². The summed E-state index contributed by atoms with van der Waals surface area (Å²) in [6, 6.07) is 11.0. The van der Waals surface area contributed by atoms with Crippen LogP contribution in [-0.4, -0.2) is 15.9 Å². The van der Waals surface area contributed by atoms with Crippen LogP contribution in [0.4, 0.5) is 14.6 Å². The second kappa shape index (κ2) is 7.79. The van der Waals surface area contributed by atoms with Crippen LogP contribution in [0.5, 0.6) is 0 Å². The van der Waals surface area contributed by atoms with Crippen molar-refractivity contribution in [3.8, 4) is 0 Å². The number of carbonyl (C=O) groups is 1. The highest BCUT2D eigenvalue weighted by molar-refractivity contribution is 7.98.